The third kappa shape index (κ3) is 2.61. The molecule has 18 heavy (non-hydrogen) atoms. The van der Waals surface area contributed by atoms with E-state index in [0.717, 1.165) is 19.3 Å². The number of hydrogen-bond donors (Lipinski definition) is 1. The number of phenols is 1. The number of benzene rings is 1. The maximum atomic E-state index is 9.69. The van der Waals surface area contributed by atoms with Crippen LogP contribution in [-0.4, -0.2) is 22.4 Å². The second kappa shape index (κ2) is 5.53. The summed E-state index contributed by atoms with van der Waals surface area (Å²) in [5.74, 6) is 1.59. The summed E-state index contributed by atoms with van der Waals surface area (Å²) in [5.41, 5.74) is 0.684. The Morgan fingerprint density at radius 3 is 2.89 bits per heavy atom. The molecule has 0 unspecified atom stereocenters. The zero-order valence-corrected chi connectivity index (χ0v) is 10.5. The Kier molecular flexibility index (Phi) is 3.82. The van der Waals surface area contributed by atoms with Gasteiger partial charge in [-0.3, -0.25) is 0 Å². The third-order valence-corrected chi connectivity index (χ3v) is 2.65. The Morgan fingerprint density at radius 1 is 1.39 bits per heavy atom. The number of hydrogen-bond acceptors (Lipinski definition) is 5. The van der Waals surface area contributed by atoms with Crippen LogP contribution >= 0.6 is 0 Å². The number of nitrogens with zero attached hydrogens (tertiary/aromatic N) is 2. The van der Waals surface area contributed by atoms with Crippen LogP contribution in [0.1, 0.15) is 25.6 Å². The fraction of sp³-hybridized carbons (Fsp3) is 0.385. The minimum absolute atomic E-state index is 0.0586. The first-order valence-corrected chi connectivity index (χ1v) is 5.94. The van der Waals surface area contributed by atoms with Gasteiger partial charge in [-0.1, -0.05) is 18.5 Å². The number of rotatable bonds is 5. The van der Waals surface area contributed by atoms with Gasteiger partial charge in [-0.05, 0) is 24.6 Å². The first-order valence-electron chi connectivity index (χ1n) is 5.94. The molecule has 0 aliphatic heterocycles. The van der Waals surface area contributed by atoms with Gasteiger partial charge in [-0.25, -0.2) is 0 Å². The molecule has 2 rings (SSSR count). The van der Waals surface area contributed by atoms with Crippen LogP contribution in [0.4, 0.5) is 0 Å². The smallest absolute Gasteiger partial charge is 0.258 e. The lowest BCUT2D eigenvalue weighted by Gasteiger charge is -2.03. The van der Waals surface area contributed by atoms with Gasteiger partial charge < -0.3 is 14.4 Å². The van der Waals surface area contributed by atoms with E-state index in [9.17, 15) is 5.11 Å². The van der Waals surface area contributed by atoms with Gasteiger partial charge in [0.2, 0.25) is 0 Å². The number of methoxy groups -OCH3 is 1. The first-order chi connectivity index (χ1) is 8.74. The van der Waals surface area contributed by atoms with Gasteiger partial charge >= 0.3 is 0 Å². The molecule has 0 saturated carbocycles. The molecule has 1 heterocycles. The monoisotopic (exact) mass is 248 g/mol. The summed E-state index contributed by atoms with van der Waals surface area (Å²) in [6, 6.07) is 4.99. The molecule has 0 aliphatic rings. The summed E-state index contributed by atoms with van der Waals surface area (Å²) >= 11 is 0. The first kappa shape index (κ1) is 12.4. The molecule has 5 heteroatoms. The van der Waals surface area contributed by atoms with Gasteiger partial charge in [0, 0.05) is 12.0 Å². The fourth-order valence-corrected chi connectivity index (χ4v) is 1.63. The minimum atomic E-state index is 0.0586. The van der Waals surface area contributed by atoms with Crippen molar-refractivity contribution in [1.82, 2.24) is 10.1 Å². The molecule has 0 aliphatic carbocycles. The van der Waals surface area contributed by atoms with Crippen LogP contribution in [0.15, 0.2) is 22.7 Å². The van der Waals surface area contributed by atoms with Crippen molar-refractivity contribution in [3.8, 4) is 23.0 Å². The van der Waals surface area contributed by atoms with Crippen molar-refractivity contribution in [2.45, 2.75) is 26.2 Å². The van der Waals surface area contributed by atoms with Gasteiger partial charge in [-0.15, -0.1) is 0 Å². The Labute approximate surface area is 105 Å². The molecule has 5 nitrogen and oxygen atoms in total. The van der Waals surface area contributed by atoms with Gasteiger partial charge in [0.05, 0.1) is 7.11 Å². The minimum Gasteiger partial charge on any atom is -0.504 e. The standard InChI is InChI=1S/C13H16N2O3/c1-3-4-5-12-14-13(18-15-12)9-6-7-11(17-2)10(16)8-9/h6-8,16H,3-5H2,1-2H3. The summed E-state index contributed by atoms with van der Waals surface area (Å²) in [6.45, 7) is 2.11. The number of aryl methyl sites for hydroxylation is 1. The zero-order valence-electron chi connectivity index (χ0n) is 10.5. The predicted molar refractivity (Wildman–Crippen MR) is 66.6 cm³/mol. The van der Waals surface area contributed by atoms with Crippen molar-refractivity contribution >= 4 is 0 Å². The van der Waals surface area contributed by atoms with Crippen LogP contribution in [0.25, 0.3) is 11.5 Å². The molecule has 2 aromatic rings. The highest BCUT2D eigenvalue weighted by Crippen LogP contribution is 2.30. The van der Waals surface area contributed by atoms with E-state index >= 15 is 0 Å². The molecule has 0 atom stereocenters. The van der Waals surface area contributed by atoms with E-state index in [1.54, 1.807) is 18.2 Å². The van der Waals surface area contributed by atoms with Crippen molar-refractivity contribution < 1.29 is 14.4 Å². The van der Waals surface area contributed by atoms with Crippen LogP contribution in [0.2, 0.25) is 0 Å². The quantitative estimate of drug-likeness (QED) is 0.881. The average Bonchev–Trinajstić information content (AvgIpc) is 2.85. The molecule has 96 valence electrons. The van der Waals surface area contributed by atoms with E-state index in [4.69, 9.17) is 9.26 Å². The highest BCUT2D eigenvalue weighted by molar-refractivity contribution is 5.59. The number of ether oxygens (including phenoxy) is 1. The Hall–Kier alpha value is -2.04. The molecular weight excluding hydrogens is 232 g/mol. The fourth-order valence-electron chi connectivity index (χ4n) is 1.63. The van der Waals surface area contributed by atoms with E-state index in [0.29, 0.717) is 23.0 Å². The zero-order chi connectivity index (χ0) is 13.0. The van der Waals surface area contributed by atoms with Crippen LogP contribution in [0.5, 0.6) is 11.5 Å². The molecule has 1 aromatic carbocycles. The van der Waals surface area contributed by atoms with E-state index in [-0.39, 0.29) is 5.75 Å². The second-order valence-corrected chi connectivity index (χ2v) is 4.01. The maximum absolute atomic E-state index is 9.69. The van der Waals surface area contributed by atoms with Crippen molar-refractivity contribution in [1.29, 1.82) is 0 Å². The largest absolute Gasteiger partial charge is 0.504 e. The van der Waals surface area contributed by atoms with E-state index in [1.807, 2.05) is 0 Å². The van der Waals surface area contributed by atoms with E-state index < -0.39 is 0 Å². The normalized spacial score (nSPS) is 10.6. The van der Waals surface area contributed by atoms with E-state index in [1.165, 1.54) is 7.11 Å². The molecular formula is C13H16N2O3. The Bertz CT molecular complexity index is 523. The van der Waals surface area contributed by atoms with Crippen LogP contribution in [0, 0.1) is 0 Å². The molecule has 0 amide bonds. The average molecular weight is 248 g/mol. The molecule has 1 N–H and O–H groups in total. The highest BCUT2D eigenvalue weighted by Gasteiger charge is 2.11. The lowest BCUT2D eigenvalue weighted by atomic mass is 10.2. The summed E-state index contributed by atoms with van der Waals surface area (Å²) in [7, 11) is 1.50. The maximum Gasteiger partial charge on any atom is 0.258 e. The lowest BCUT2D eigenvalue weighted by molar-refractivity contribution is 0.373. The molecule has 0 fully saturated rings. The molecule has 0 spiro atoms. The topological polar surface area (TPSA) is 68.4 Å². The van der Waals surface area contributed by atoms with Gasteiger partial charge in [0.1, 0.15) is 0 Å². The van der Waals surface area contributed by atoms with Gasteiger partial charge in [-0.2, -0.15) is 4.98 Å². The Morgan fingerprint density at radius 2 is 2.22 bits per heavy atom. The number of aromatic nitrogens is 2. The van der Waals surface area contributed by atoms with Gasteiger partial charge in [0.25, 0.3) is 5.89 Å². The van der Waals surface area contributed by atoms with Crippen LogP contribution in [-0.2, 0) is 6.42 Å². The van der Waals surface area contributed by atoms with Crippen LogP contribution in [0.3, 0.4) is 0 Å². The molecule has 1 aromatic heterocycles. The van der Waals surface area contributed by atoms with E-state index in [2.05, 4.69) is 17.1 Å². The lowest BCUT2D eigenvalue weighted by Crippen LogP contribution is -1.87. The molecule has 0 radical (unpaired) electrons. The molecule has 0 saturated heterocycles. The SMILES string of the molecule is CCCCc1noc(-c2ccc(OC)c(O)c2)n1. The third-order valence-electron chi connectivity index (χ3n) is 2.65. The predicted octanol–water partition coefficient (Wildman–Crippen LogP) is 2.79. The summed E-state index contributed by atoms with van der Waals surface area (Å²) in [4.78, 5) is 4.28. The number of phenolic OH excluding ortho intramolecular Hbond substituents is 1. The number of unbranched alkanes of at least 4 members (excludes halogenated alkanes) is 1. The van der Waals surface area contributed by atoms with Crippen molar-refractivity contribution in [2.24, 2.45) is 0 Å². The van der Waals surface area contributed by atoms with Gasteiger partial charge in [0.15, 0.2) is 17.3 Å². The van der Waals surface area contributed by atoms with Crippen LogP contribution < -0.4 is 4.74 Å². The van der Waals surface area contributed by atoms with Crippen molar-refractivity contribution in [3.05, 3.63) is 24.0 Å². The van der Waals surface area contributed by atoms with Crippen molar-refractivity contribution in [2.75, 3.05) is 7.11 Å². The molecule has 0 bridgehead atoms. The number of aromatic hydroxyl groups is 1. The highest BCUT2D eigenvalue weighted by atomic mass is 16.5. The summed E-state index contributed by atoms with van der Waals surface area (Å²) in [6.07, 6.45) is 2.93. The second-order valence-electron chi connectivity index (χ2n) is 4.01. The Balaban J connectivity index is 2.20. The summed E-state index contributed by atoms with van der Waals surface area (Å²) < 4.78 is 10.1. The van der Waals surface area contributed by atoms with Crippen molar-refractivity contribution in [3.63, 3.8) is 0 Å². The summed E-state index contributed by atoms with van der Waals surface area (Å²) in [5, 5.41) is 13.6.